The van der Waals surface area contributed by atoms with Crippen molar-refractivity contribution in [2.24, 2.45) is 0 Å². The van der Waals surface area contributed by atoms with E-state index in [0.29, 0.717) is 18.4 Å². The van der Waals surface area contributed by atoms with Crippen LogP contribution in [-0.2, 0) is 6.42 Å². The van der Waals surface area contributed by atoms with Crippen molar-refractivity contribution in [3.05, 3.63) is 29.3 Å². The van der Waals surface area contributed by atoms with Gasteiger partial charge in [-0.1, -0.05) is 50.2 Å². The molecule has 0 heterocycles. The van der Waals surface area contributed by atoms with Crippen molar-refractivity contribution in [1.29, 1.82) is 0 Å². The van der Waals surface area contributed by atoms with Crippen LogP contribution in [0.25, 0.3) is 0 Å². The van der Waals surface area contributed by atoms with Crippen LogP contribution in [0.5, 0.6) is 5.75 Å². The second-order valence-corrected chi connectivity index (χ2v) is 6.02. The molecule has 1 rings (SSSR count). The molecule has 0 fully saturated rings. The normalized spacial score (nSPS) is 9.64. The Morgan fingerprint density at radius 3 is 2.36 bits per heavy atom. The minimum absolute atomic E-state index is 0.0415. The molecule has 3 heteroatoms. The second-order valence-electron chi connectivity index (χ2n) is 6.02. The van der Waals surface area contributed by atoms with E-state index < -0.39 is 5.97 Å². The summed E-state index contributed by atoms with van der Waals surface area (Å²) in [7, 11) is 0. The van der Waals surface area contributed by atoms with E-state index in [1.165, 1.54) is 6.07 Å². The van der Waals surface area contributed by atoms with Crippen LogP contribution in [0, 0.1) is 23.7 Å². The second kappa shape index (κ2) is 13.0. The zero-order valence-electron chi connectivity index (χ0n) is 15.1. The van der Waals surface area contributed by atoms with E-state index in [1.807, 2.05) is 0 Å². The number of hydrogen-bond acceptors (Lipinski definition) is 2. The summed E-state index contributed by atoms with van der Waals surface area (Å²) >= 11 is 0. The number of carboxylic acids is 1. The fourth-order valence-electron chi connectivity index (χ4n) is 2.57. The predicted molar refractivity (Wildman–Crippen MR) is 102 cm³/mol. The lowest BCUT2D eigenvalue weighted by molar-refractivity contribution is 0.0692. The van der Waals surface area contributed by atoms with Crippen molar-refractivity contribution in [2.45, 2.75) is 71.1 Å². The number of aryl methyl sites for hydroxylation is 1. The summed E-state index contributed by atoms with van der Waals surface area (Å²) < 4.78 is 0. The quantitative estimate of drug-likeness (QED) is 0.481. The lowest BCUT2D eigenvalue weighted by Gasteiger charge is -2.07. The van der Waals surface area contributed by atoms with E-state index >= 15 is 0 Å². The van der Waals surface area contributed by atoms with Crippen molar-refractivity contribution in [2.75, 3.05) is 0 Å². The molecule has 134 valence electrons. The molecular weight excluding hydrogens is 312 g/mol. The SMILES string of the molecule is CCCC#CCC#CCCCCCCCc1cccc(O)c1C(=O)O. The summed E-state index contributed by atoms with van der Waals surface area (Å²) in [5, 5.41) is 18.8. The summed E-state index contributed by atoms with van der Waals surface area (Å²) in [6, 6.07) is 4.90. The largest absolute Gasteiger partial charge is 0.507 e. The van der Waals surface area contributed by atoms with Crippen molar-refractivity contribution < 1.29 is 15.0 Å². The van der Waals surface area contributed by atoms with E-state index in [1.54, 1.807) is 12.1 Å². The van der Waals surface area contributed by atoms with Gasteiger partial charge in [-0.05, 0) is 37.3 Å². The molecule has 0 spiro atoms. The Morgan fingerprint density at radius 2 is 1.64 bits per heavy atom. The van der Waals surface area contributed by atoms with E-state index in [2.05, 4.69) is 30.6 Å². The van der Waals surface area contributed by atoms with Gasteiger partial charge in [-0.3, -0.25) is 0 Å². The Hall–Kier alpha value is -2.39. The summed E-state index contributed by atoms with van der Waals surface area (Å²) in [5.74, 6) is 11.2. The molecule has 0 unspecified atom stereocenters. The summed E-state index contributed by atoms with van der Waals surface area (Å²) in [6.07, 6.45) is 9.70. The molecule has 25 heavy (non-hydrogen) atoms. The number of phenols is 1. The molecule has 0 aliphatic heterocycles. The van der Waals surface area contributed by atoms with Gasteiger partial charge >= 0.3 is 5.97 Å². The van der Waals surface area contributed by atoms with Gasteiger partial charge < -0.3 is 10.2 Å². The number of rotatable bonds is 9. The molecule has 0 amide bonds. The highest BCUT2D eigenvalue weighted by atomic mass is 16.4. The lowest BCUT2D eigenvalue weighted by atomic mass is 9.99. The Kier molecular flexibility index (Phi) is 10.7. The fourth-order valence-corrected chi connectivity index (χ4v) is 2.57. The predicted octanol–water partition coefficient (Wildman–Crippen LogP) is 5.17. The van der Waals surface area contributed by atoms with Crippen LogP contribution in [-0.4, -0.2) is 16.2 Å². The Morgan fingerprint density at radius 1 is 0.960 bits per heavy atom. The lowest BCUT2D eigenvalue weighted by Crippen LogP contribution is -2.03. The van der Waals surface area contributed by atoms with Crippen molar-refractivity contribution in [3.63, 3.8) is 0 Å². The third-order valence-corrected chi connectivity index (χ3v) is 3.89. The zero-order valence-corrected chi connectivity index (χ0v) is 15.1. The molecular formula is C22H28O3. The molecule has 0 bridgehead atoms. The average molecular weight is 340 g/mol. The molecule has 1 aromatic rings. The third-order valence-electron chi connectivity index (χ3n) is 3.89. The number of hydrogen-bond donors (Lipinski definition) is 2. The standard InChI is InChI=1S/C22H28O3/c1-2-3-4-5-6-7-8-9-10-11-12-13-14-16-19-17-15-18-20(23)21(19)22(24)25/h15,17-18,23H,2-3,6,9-14,16H2,1H3,(H,24,25). The van der Waals surface area contributed by atoms with Crippen LogP contribution in [0.1, 0.15) is 80.6 Å². The maximum absolute atomic E-state index is 11.2. The van der Waals surface area contributed by atoms with Gasteiger partial charge in [0, 0.05) is 12.8 Å². The topological polar surface area (TPSA) is 57.5 Å². The average Bonchev–Trinajstić information content (AvgIpc) is 2.58. The van der Waals surface area contributed by atoms with Crippen molar-refractivity contribution in [3.8, 4) is 29.4 Å². The first-order valence-electron chi connectivity index (χ1n) is 9.12. The maximum Gasteiger partial charge on any atom is 0.339 e. The first-order chi connectivity index (χ1) is 12.2. The van der Waals surface area contributed by atoms with Gasteiger partial charge in [-0.2, -0.15) is 0 Å². The van der Waals surface area contributed by atoms with E-state index in [9.17, 15) is 9.90 Å². The molecule has 2 N–H and O–H groups in total. The molecule has 3 nitrogen and oxygen atoms in total. The monoisotopic (exact) mass is 340 g/mol. The van der Waals surface area contributed by atoms with Gasteiger partial charge in [0.25, 0.3) is 0 Å². The van der Waals surface area contributed by atoms with Crippen molar-refractivity contribution >= 4 is 5.97 Å². The number of carboxylic acid groups (broad SMARTS) is 1. The highest BCUT2D eigenvalue weighted by Gasteiger charge is 2.14. The van der Waals surface area contributed by atoms with Crippen LogP contribution < -0.4 is 0 Å². The maximum atomic E-state index is 11.2. The summed E-state index contributed by atoms with van der Waals surface area (Å²) in [5.41, 5.74) is 0.752. The Bertz CT molecular complexity index is 653. The highest BCUT2D eigenvalue weighted by Crippen LogP contribution is 2.22. The fraction of sp³-hybridized carbons (Fsp3) is 0.500. The number of benzene rings is 1. The molecule has 0 aliphatic carbocycles. The van der Waals surface area contributed by atoms with Crippen molar-refractivity contribution in [1.82, 2.24) is 0 Å². The van der Waals surface area contributed by atoms with Gasteiger partial charge in [-0.15, -0.1) is 11.8 Å². The number of carbonyl (C=O) groups is 1. The zero-order chi connectivity index (χ0) is 18.3. The molecule has 0 saturated heterocycles. The van der Waals surface area contributed by atoms with Crippen LogP contribution in [0.2, 0.25) is 0 Å². The van der Waals surface area contributed by atoms with E-state index in [4.69, 9.17) is 5.11 Å². The van der Waals surface area contributed by atoms with E-state index in [-0.39, 0.29) is 11.3 Å². The Labute approximate surface area is 151 Å². The van der Waals surface area contributed by atoms with Crippen LogP contribution >= 0.6 is 0 Å². The minimum Gasteiger partial charge on any atom is -0.507 e. The first kappa shape index (κ1) is 20.7. The van der Waals surface area contributed by atoms with Gasteiger partial charge in [-0.25, -0.2) is 4.79 Å². The van der Waals surface area contributed by atoms with Crippen LogP contribution in [0.4, 0.5) is 0 Å². The smallest absolute Gasteiger partial charge is 0.339 e. The van der Waals surface area contributed by atoms with Gasteiger partial charge in [0.1, 0.15) is 11.3 Å². The highest BCUT2D eigenvalue weighted by molar-refractivity contribution is 5.92. The van der Waals surface area contributed by atoms with Crippen LogP contribution in [0.3, 0.4) is 0 Å². The summed E-state index contributed by atoms with van der Waals surface area (Å²) in [4.78, 5) is 11.2. The molecule has 0 atom stereocenters. The van der Waals surface area contributed by atoms with Gasteiger partial charge in [0.2, 0.25) is 0 Å². The number of aromatic hydroxyl groups is 1. The minimum atomic E-state index is -1.06. The molecule has 0 radical (unpaired) electrons. The molecule has 0 saturated carbocycles. The summed E-state index contributed by atoms with van der Waals surface area (Å²) in [6.45, 7) is 2.12. The van der Waals surface area contributed by atoms with Gasteiger partial charge in [0.05, 0.1) is 6.42 Å². The first-order valence-corrected chi connectivity index (χ1v) is 9.12. The number of aromatic carboxylic acids is 1. The molecule has 0 aliphatic rings. The third kappa shape index (κ3) is 8.87. The number of unbranched alkanes of at least 4 members (excludes halogenated alkanes) is 6. The van der Waals surface area contributed by atoms with E-state index in [0.717, 1.165) is 51.4 Å². The van der Waals surface area contributed by atoms with Crippen LogP contribution in [0.15, 0.2) is 18.2 Å². The Balaban J connectivity index is 2.14. The molecule has 0 aromatic heterocycles. The van der Waals surface area contributed by atoms with Gasteiger partial charge in [0.15, 0.2) is 0 Å². The molecule has 1 aromatic carbocycles.